The maximum absolute atomic E-state index is 13.2. The molecule has 1 nitrogen and oxygen atoms in total. The van der Waals surface area contributed by atoms with Gasteiger partial charge in [0.15, 0.2) is 0 Å². The van der Waals surface area contributed by atoms with Gasteiger partial charge in [0, 0.05) is 6.04 Å². The van der Waals surface area contributed by atoms with Crippen LogP contribution in [0.25, 0.3) is 0 Å². The first-order valence-corrected chi connectivity index (χ1v) is 8.56. The van der Waals surface area contributed by atoms with Gasteiger partial charge in [-0.1, -0.05) is 24.6 Å². The molecule has 2 rings (SSSR count). The predicted octanol–water partition coefficient (Wildman–Crippen LogP) is 5.59. The van der Waals surface area contributed by atoms with Gasteiger partial charge in [-0.25, -0.2) is 4.39 Å². The van der Waals surface area contributed by atoms with E-state index in [-0.39, 0.29) is 16.9 Å². The van der Waals surface area contributed by atoms with E-state index in [0.717, 1.165) is 28.7 Å². The lowest BCUT2D eigenvalue weighted by Gasteiger charge is -2.18. The van der Waals surface area contributed by atoms with Gasteiger partial charge < -0.3 is 5.32 Å². The molecule has 0 saturated heterocycles. The van der Waals surface area contributed by atoms with Crippen LogP contribution in [-0.2, 0) is 6.42 Å². The Morgan fingerprint density at radius 1 is 1.40 bits per heavy atom. The van der Waals surface area contributed by atoms with Gasteiger partial charge in [-0.2, -0.15) is 0 Å². The third kappa shape index (κ3) is 4.29. The highest BCUT2D eigenvalue weighted by Gasteiger charge is 2.14. The minimum absolute atomic E-state index is 0.184. The highest BCUT2D eigenvalue weighted by atomic mass is 79.9. The summed E-state index contributed by atoms with van der Waals surface area (Å²) < 4.78 is 14.3. The fourth-order valence-corrected chi connectivity index (χ4v) is 3.47. The quantitative estimate of drug-likeness (QED) is 0.693. The minimum atomic E-state index is -0.369. The van der Waals surface area contributed by atoms with Gasteiger partial charge in [0.25, 0.3) is 0 Å². The molecule has 0 fully saturated rings. The molecule has 20 heavy (non-hydrogen) atoms. The zero-order valence-electron chi connectivity index (χ0n) is 11.1. The van der Waals surface area contributed by atoms with Gasteiger partial charge in [0.2, 0.25) is 0 Å². The zero-order chi connectivity index (χ0) is 14.5. The molecule has 0 aliphatic carbocycles. The Morgan fingerprint density at radius 3 is 2.80 bits per heavy atom. The molecule has 1 atom stereocenters. The standard InChI is InChI=1S/C15H16BrClFNS/c1-2-5-19-14(11-8-15(16)20-9-11)7-10-3-4-13(18)12(17)6-10/h3-4,6,8-9,14,19H,2,5,7H2,1H3. The van der Waals surface area contributed by atoms with E-state index in [9.17, 15) is 4.39 Å². The second kappa shape index (κ2) is 7.55. The lowest BCUT2D eigenvalue weighted by Crippen LogP contribution is -2.23. The zero-order valence-corrected chi connectivity index (χ0v) is 14.3. The number of hydrogen-bond acceptors (Lipinski definition) is 2. The molecule has 1 heterocycles. The van der Waals surface area contributed by atoms with E-state index in [1.54, 1.807) is 23.5 Å². The Bertz CT molecular complexity index is 573. The van der Waals surface area contributed by atoms with Crippen molar-refractivity contribution in [3.05, 3.63) is 55.4 Å². The molecule has 0 aliphatic rings. The van der Waals surface area contributed by atoms with Crippen molar-refractivity contribution >= 4 is 38.9 Å². The fourth-order valence-electron chi connectivity index (χ4n) is 2.03. The number of rotatable bonds is 6. The normalized spacial score (nSPS) is 12.6. The molecule has 1 unspecified atom stereocenters. The van der Waals surface area contributed by atoms with Gasteiger partial charge in [-0.05, 0) is 70.0 Å². The first-order valence-electron chi connectivity index (χ1n) is 6.51. The van der Waals surface area contributed by atoms with Crippen LogP contribution in [0.5, 0.6) is 0 Å². The van der Waals surface area contributed by atoms with Gasteiger partial charge in [-0.15, -0.1) is 11.3 Å². The monoisotopic (exact) mass is 375 g/mol. The van der Waals surface area contributed by atoms with Crippen LogP contribution in [0.1, 0.15) is 30.5 Å². The number of thiophene rings is 1. The Hall–Kier alpha value is -0.420. The van der Waals surface area contributed by atoms with Gasteiger partial charge in [-0.3, -0.25) is 0 Å². The second-order valence-corrected chi connectivity index (χ2v) is 7.34. The number of benzene rings is 1. The van der Waals surface area contributed by atoms with Crippen LogP contribution in [-0.4, -0.2) is 6.54 Å². The van der Waals surface area contributed by atoms with Crippen LogP contribution in [0.15, 0.2) is 33.4 Å². The molecule has 0 amide bonds. The van der Waals surface area contributed by atoms with Crippen LogP contribution < -0.4 is 5.32 Å². The van der Waals surface area contributed by atoms with Crippen LogP contribution >= 0.6 is 38.9 Å². The molecule has 0 bridgehead atoms. The first kappa shape index (κ1) is 16.0. The molecular weight excluding hydrogens is 361 g/mol. The van der Waals surface area contributed by atoms with Gasteiger partial charge in [0.1, 0.15) is 5.82 Å². The van der Waals surface area contributed by atoms with Crippen LogP contribution in [0.3, 0.4) is 0 Å². The Morgan fingerprint density at radius 2 is 2.20 bits per heavy atom. The SMILES string of the molecule is CCCNC(Cc1ccc(F)c(Cl)c1)c1csc(Br)c1. The van der Waals surface area contributed by atoms with Crippen LogP contribution in [0.4, 0.5) is 4.39 Å². The largest absolute Gasteiger partial charge is 0.310 e. The summed E-state index contributed by atoms with van der Waals surface area (Å²) in [6.07, 6.45) is 1.87. The number of nitrogens with one attached hydrogen (secondary N) is 1. The summed E-state index contributed by atoms with van der Waals surface area (Å²) in [4.78, 5) is 0. The van der Waals surface area contributed by atoms with E-state index in [0.29, 0.717) is 0 Å². The molecule has 1 aromatic carbocycles. The summed E-state index contributed by atoms with van der Waals surface area (Å²) >= 11 is 11.0. The third-order valence-corrected chi connectivity index (χ3v) is 4.87. The molecule has 5 heteroatoms. The number of halogens is 3. The molecule has 108 valence electrons. The van der Waals surface area contributed by atoms with Crippen molar-refractivity contribution in [2.75, 3.05) is 6.54 Å². The lowest BCUT2D eigenvalue weighted by molar-refractivity contribution is 0.530. The molecule has 2 aromatic rings. The van der Waals surface area contributed by atoms with E-state index in [1.165, 1.54) is 11.6 Å². The second-order valence-electron chi connectivity index (χ2n) is 4.64. The van der Waals surface area contributed by atoms with Crippen molar-refractivity contribution in [3.63, 3.8) is 0 Å². The summed E-state index contributed by atoms with van der Waals surface area (Å²) in [6.45, 7) is 3.09. The highest BCUT2D eigenvalue weighted by molar-refractivity contribution is 9.11. The predicted molar refractivity (Wildman–Crippen MR) is 88.2 cm³/mol. The van der Waals surface area contributed by atoms with E-state index in [1.807, 2.05) is 0 Å². The first-order chi connectivity index (χ1) is 9.60. The Balaban J connectivity index is 2.16. The molecule has 0 spiro atoms. The molecular formula is C15H16BrClFNS. The Kier molecular flexibility index (Phi) is 6.02. The molecule has 0 saturated carbocycles. The molecule has 1 N–H and O–H groups in total. The Labute approximate surface area is 136 Å². The summed E-state index contributed by atoms with van der Waals surface area (Å²) in [5, 5.41) is 5.86. The van der Waals surface area contributed by atoms with Crippen molar-refractivity contribution in [2.24, 2.45) is 0 Å². The average molecular weight is 377 g/mol. The topological polar surface area (TPSA) is 12.0 Å². The van der Waals surface area contributed by atoms with Crippen molar-refractivity contribution in [3.8, 4) is 0 Å². The van der Waals surface area contributed by atoms with E-state index >= 15 is 0 Å². The van der Waals surface area contributed by atoms with Crippen molar-refractivity contribution in [1.29, 1.82) is 0 Å². The molecule has 0 radical (unpaired) electrons. The maximum Gasteiger partial charge on any atom is 0.141 e. The third-order valence-electron chi connectivity index (χ3n) is 3.05. The van der Waals surface area contributed by atoms with Crippen molar-refractivity contribution in [2.45, 2.75) is 25.8 Å². The average Bonchev–Trinajstić information content (AvgIpc) is 2.85. The highest BCUT2D eigenvalue weighted by Crippen LogP contribution is 2.28. The summed E-state index contributed by atoms with van der Waals surface area (Å²) in [5.41, 5.74) is 2.28. The van der Waals surface area contributed by atoms with Crippen molar-refractivity contribution in [1.82, 2.24) is 5.32 Å². The van der Waals surface area contributed by atoms with Crippen LogP contribution in [0, 0.1) is 5.82 Å². The van der Waals surface area contributed by atoms with E-state index in [4.69, 9.17) is 11.6 Å². The van der Waals surface area contributed by atoms with Gasteiger partial charge >= 0.3 is 0 Å². The molecule has 1 aromatic heterocycles. The maximum atomic E-state index is 13.2. The molecule has 0 aliphatic heterocycles. The number of hydrogen-bond donors (Lipinski definition) is 1. The summed E-state index contributed by atoms with van der Waals surface area (Å²) in [7, 11) is 0. The van der Waals surface area contributed by atoms with Crippen molar-refractivity contribution < 1.29 is 4.39 Å². The van der Waals surface area contributed by atoms with Crippen LogP contribution in [0.2, 0.25) is 5.02 Å². The minimum Gasteiger partial charge on any atom is -0.310 e. The van der Waals surface area contributed by atoms with E-state index < -0.39 is 0 Å². The lowest BCUT2D eigenvalue weighted by atomic mass is 10.0. The summed E-state index contributed by atoms with van der Waals surface area (Å²) in [5.74, 6) is -0.369. The smallest absolute Gasteiger partial charge is 0.141 e. The summed E-state index contributed by atoms with van der Waals surface area (Å²) in [6, 6.07) is 7.28. The van der Waals surface area contributed by atoms with Gasteiger partial charge in [0.05, 0.1) is 8.81 Å². The fraction of sp³-hybridized carbons (Fsp3) is 0.333. The van der Waals surface area contributed by atoms with E-state index in [2.05, 4.69) is 39.6 Å².